The van der Waals surface area contributed by atoms with Gasteiger partial charge in [-0.15, -0.1) is 0 Å². The lowest BCUT2D eigenvalue weighted by Crippen LogP contribution is -2.51. The molecule has 0 bridgehead atoms. The van der Waals surface area contributed by atoms with Gasteiger partial charge in [-0.3, -0.25) is 14.4 Å². The number of benzene rings is 1. The maximum atomic E-state index is 12.8. The van der Waals surface area contributed by atoms with E-state index in [0.717, 1.165) is 55.2 Å². The molecule has 2 saturated heterocycles. The molecule has 0 spiro atoms. The van der Waals surface area contributed by atoms with Gasteiger partial charge in [0.15, 0.2) is 0 Å². The van der Waals surface area contributed by atoms with E-state index in [2.05, 4.69) is 78.1 Å². The standard InChI is InChI=1S/C28H38N8O/c1-20-12-21(6-7-22(20)14-35-11-10-34(18-26(35)37)19-28(2,3)4)25-8-9-29-27(32-25)31-23-13-30-36(15-23)24-16-33(5)17-24/h6-9,12-13,15,24H,10-11,14,16-19H2,1-5H3,(H,29,31,32). The third-order valence-corrected chi connectivity index (χ3v) is 7.03. The number of rotatable bonds is 7. The molecular formula is C28H38N8O. The molecule has 37 heavy (non-hydrogen) atoms. The second kappa shape index (κ2) is 10.2. The van der Waals surface area contributed by atoms with Crippen LogP contribution in [-0.2, 0) is 11.3 Å². The second-order valence-electron chi connectivity index (χ2n) is 11.7. The predicted octanol–water partition coefficient (Wildman–Crippen LogP) is 3.57. The van der Waals surface area contributed by atoms with E-state index in [1.807, 2.05) is 28.0 Å². The Labute approximate surface area is 219 Å². The Bertz CT molecular complexity index is 1260. The third kappa shape index (κ3) is 6.17. The number of amides is 1. The van der Waals surface area contributed by atoms with Gasteiger partial charge in [-0.25, -0.2) is 9.97 Å². The highest BCUT2D eigenvalue weighted by molar-refractivity contribution is 5.79. The first-order valence-electron chi connectivity index (χ1n) is 13.1. The lowest BCUT2D eigenvalue weighted by Gasteiger charge is -2.37. The van der Waals surface area contributed by atoms with Crippen molar-refractivity contribution in [2.45, 2.75) is 40.3 Å². The summed E-state index contributed by atoms with van der Waals surface area (Å²) in [5, 5.41) is 7.77. The summed E-state index contributed by atoms with van der Waals surface area (Å²) in [6.45, 7) is 14.6. The van der Waals surface area contributed by atoms with Crippen molar-refractivity contribution >= 4 is 17.5 Å². The molecule has 9 nitrogen and oxygen atoms in total. The van der Waals surface area contributed by atoms with Crippen LogP contribution in [0.2, 0.25) is 0 Å². The molecule has 4 heterocycles. The van der Waals surface area contributed by atoms with Crippen LogP contribution in [0.4, 0.5) is 11.6 Å². The van der Waals surface area contributed by atoms with Crippen LogP contribution < -0.4 is 5.32 Å². The molecule has 0 saturated carbocycles. The normalized spacial score (nSPS) is 17.8. The maximum absolute atomic E-state index is 12.8. The number of likely N-dealkylation sites (N-methyl/N-ethyl adjacent to an activating group) is 1. The van der Waals surface area contributed by atoms with E-state index in [9.17, 15) is 4.79 Å². The summed E-state index contributed by atoms with van der Waals surface area (Å²) in [4.78, 5) is 28.5. The van der Waals surface area contributed by atoms with Crippen LogP contribution in [0.1, 0.15) is 37.9 Å². The van der Waals surface area contributed by atoms with E-state index in [0.29, 0.717) is 25.1 Å². The number of aryl methyl sites for hydroxylation is 1. The fourth-order valence-corrected chi connectivity index (χ4v) is 5.11. The number of carbonyl (C=O) groups excluding carboxylic acids is 1. The molecule has 1 N–H and O–H groups in total. The van der Waals surface area contributed by atoms with Crippen LogP contribution in [0.3, 0.4) is 0 Å². The molecule has 0 unspecified atom stereocenters. The largest absolute Gasteiger partial charge is 0.336 e. The van der Waals surface area contributed by atoms with E-state index in [-0.39, 0.29) is 11.3 Å². The molecule has 0 atom stereocenters. The fourth-order valence-electron chi connectivity index (χ4n) is 5.11. The molecule has 3 aromatic rings. The van der Waals surface area contributed by atoms with E-state index < -0.39 is 0 Å². The lowest BCUT2D eigenvalue weighted by molar-refractivity contribution is -0.137. The van der Waals surface area contributed by atoms with Crippen LogP contribution in [0.15, 0.2) is 42.9 Å². The van der Waals surface area contributed by atoms with Gasteiger partial charge in [-0.2, -0.15) is 5.10 Å². The number of piperazine rings is 1. The zero-order chi connectivity index (χ0) is 26.2. The second-order valence-corrected chi connectivity index (χ2v) is 11.7. The van der Waals surface area contributed by atoms with Crippen LogP contribution in [0, 0.1) is 12.3 Å². The van der Waals surface area contributed by atoms with Crippen molar-refractivity contribution in [1.29, 1.82) is 0 Å². The minimum Gasteiger partial charge on any atom is -0.336 e. The van der Waals surface area contributed by atoms with Crippen molar-refractivity contribution in [3.8, 4) is 11.3 Å². The molecule has 9 heteroatoms. The average molecular weight is 503 g/mol. The molecule has 196 valence electrons. The summed E-state index contributed by atoms with van der Waals surface area (Å²) in [5.41, 5.74) is 5.28. The number of likely N-dealkylation sites (tertiary alicyclic amines) is 1. The van der Waals surface area contributed by atoms with Crippen molar-refractivity contribution in [1.82, 2.24) is 34.4 Å². The molecule has 2 fully saturated rings. The highest BCUT2D eigenvalue weighted by Crippen LogP contribution is 2.25. The highest BCUT2D eigenvalue weighted by Gasteiger charge is 2.27. The summed E-state index contributed by atoms with van der Waals surface area (Å²) in [5.74, 6) is 0.751. The smallest absolute Gasteiger partial charge is 0.237 e. The minimum atomic E-state index is 0.195. The quantitative estimate of drug-likeness (QED) is 0.529. The van der Waals surface area contributed by atoms with E-state index >= 15 is 0 Å². The first-order valence-corrected chi connectivity index (χ1v) is 13.1. The molecule has 2 aliphatic heterocycles. The van der Waals surface area contributed by atoms with Gasteiger partial charge in [0.25, 0.3) is 0 Å². The highest BCUT2D eigenvalue weighted by atomic mass is 16.2. The Morgan fingerprint density at radius 1 is 1.14 bits per heavy atom. The molecule has 2 aromatic heterocycles. The summed E-state index contributed by atoms with van der Waals surface area (Å²) in [6.07, 6.45) is 5.60. The van der Waals surface area contributed by atoms with Gasteiger partial charge in [-0.05, 0) is 42.6 Å². The maximum Gasteiger partial charge on any atom is 0.237 e. The number of hydrogen-bond acceptors (Lipinski definition) is 7. The summed E-state index contributed by atoms with van der Waals surface area (Å²) in [6, 6.07) is 8.70. The molecule has 1 amide bonds. The predicted molar refractivity (Wildman–Crippen MR) is 146 cm³/mol. The van der Waals surface area contributed by atoms with Crippen LogP contribution in [0.5, 0.6) is 0 Å². The zero-order valence-corrected chi connectivity index (χ0v) is 22.6. The number of nitrogens with one attached hydrogen (secondary N) is 1. The molecule has 0 radical (unpaired) electrons. The summed E-state index contributed by atoms with van der Waals surface area (Å²) < 4.78 is 2.00. The molecule has 5 rings (SSSR count). The van der Waals surface area contributed by atoms with Gasteiger partial charge in [0, 0.05) is 57.2 Å². The van der Waals surface area contributed by atoms with E-state index in [1.165, 1.54) is 5.56 Å². The number of nitrogens with zero attached hydrogens (tertiary/aromatic N) is 7. The monoisotopic (exact) mass is 502 g/mol. The molecule has 0 aliphatic carbocycles. The van der Waals surface area contributed by atoms with Crippen molar-refractivity contribution in [2.75, 3.05) is 51.6 Å². The summed E-state index contributed by atoms with van der Waals surface area (Å²) >= 11 is 0. The SMILES string of the molecule is Cc1cc(-c2ccnc(Nc3cnn(C4CN(C)C4)c3)n2)ccc1CN1CCN(CC(C)(C)C)CC1=O. The topological polar surface area (TPSA) is 82.4 Å². The van der Waals surface area contributed by atoms with Crippen LogP contribution in [0.25, 0.3) is 11.3 Å². The third-order valence-electron chi connectivity index (χ3n) is 7.03. The zero-order valence-electron chi connectivity index (χ0n) is 22.6. The molecule has 1 aromatic carbocycles. The van der Waals surface area contributed by atoms with Gasteiger partial charge in [0.05, 0.1) is 30.2 Å². The van der Waals surface area contributed by atoms with Gasteiger partial charge >= 0.3 is 0 Å². The Morgan fingerprint density at radius 2 is 1.95 bits per heavy atom. The van der Waals surface area contributed by atoms with Crippen molar-refractivity contribution in [3.63, 3.8) is 0 Å². The van der Waals surface area contributed by atoms with Gasteiger partial charge in [-0.1, -0.05) is 32.9 Å². The van der Waals surface area contributed by atoms with Crippen LogP contribution >= 0.6 is 0 Å². The van der Waals surface area contributed by atoms with Crippen molar-refractivity contribution in [3.05, 3.63) is 54.0 Å². The Kier molecular flexibility index (Phi) is 7.00. The number of carbonyl (C=O) groups is 1. The molecule has 2 aliphatic rings. The van der Waals surface area contributed by atoms with Gasteiger partial charge in [0.1, 0.15) is 0 Å². The minimum absolute atomic E-state index is 0.195. The molecular weight excluding hydrogens is 464 g/mol. The average Bonchev–Trinajstić information content (AvgIpc) is 3.27. The Balaban J connectivity index is 1.22. The van der Waals surface area contributed by atoms with E-state index in [4.69, 9.17) is 4.98 Å². The lowest BCUT2D eigenvalue weighted by atomic mass is 9.95. The van der Waals surface area contributed by atoms with Gasteiger partial charge < -0.3 is 15.1 Å². The first-order chi connectivity index (χ1) is 17.6. The Morgan fingerprint density at radius 3 is 2.65 bits per heavy atom. The van der Waals surface area contributed by atoms with E-state index in [1.54, 1.807) is 6.20 Å². The van der Waals surface area contributed by atoms with Crippen LogP contribution in [-0.4, -0.2) is 86.7 Å². The summed E-state index contributed by atoms with van der Waals surface area (Å²) in [7, 11) is 2.11. The Hall–Kier alpha value is -3.30. The first kappa shape index (κ1) is 25.4. The number of anilines is 2. The van der Waals surface area contributed by atoms with Crippen molar-refractivity contribution < 1.29 is 4.79 Å². The number of aromatic nitrogens is 4. The van der Waals surface area contributed by atoms with Crippen molar-refractivity contribution in [2.24, 2.45) is 5.41 Å². The number of hydrogen-bond donors (Lipinski definition) is 1. The fraction of sp³-hybridized carbons (Fsp3) is 0.500. The van der Waals surface area contributed by atoms with Gasteiger partial charge in [0.2, 0.25) is 11.9 Å².